The number of nitrogens with zero attached hydrogens (tertiary/aromatic N) is 1. The SMILES string of the molecule is CC12CCC(C(=O)Nc3ncc(Cl)cc3Cl)(C(Br)C1=O)C2(C)C. The van der Waals surface area contributed by atoms with Gasteiger partial charge in [-0.1, -0.05) is 59.9 Å². The third-order valence-corrected chi connectivity index (χ3v) is 7.86. The van der Waals surface area contributed by atoms with Crippen LogP contribution in [-0.2, 0) is 9.59 Å². The predicted octanol–water partition coefficient (Wildman–Crippen LogP) is 4.49. The summed E-state index contributed by atoms with van der Waals surface area (Å²) in [6.07, 6.45) is 2.78. The topological polar surface area (TPSA) is 59.1 Å². The lowest BCUT2D eigenvalue weighted by molar-refractivity contribution is -0.130. The Balaban J connectivity index is 2.00. The number of nitrogens with one attached hydrogen (secondary N) is 1. The van der Waals surface area contributed by atoms with Crippen molar-refractivity contribution in [1.82, 2.24) is 4.98 Å². The minimum Gasteiger partial charge on any atom is -0.309 e. The van der Waals surface area contributed by atoms with Crippen LogP contribution in [0, 0.1) is 16.2 Å². The van der Waals surface area contributed by atoms with E-state index in [-0.39, 0.29) is 22.5 Å². The molecule has 3 rings (SSSR count). The Labute approximate surface area is 153 Å². The highest BCUT2D eigenvalue weighted by atomic mass is 79.9. The average Bonchev–Trinajstić information content (AvgIpc) is 2.74. The van der Waals surface area contributed by atoms with Gasteiger partial charge >= 0.3 is 0 Å². The molecule has 0 saturated heterocycles. The standard InChI is InChI=1S/C16H17BrCl2N2O2/c1-14(2)15(3)4-5-16(14,10(17)11(15)22)13(23)21-12-9(19)6-8(18)7-20-12/h6-7,10H,4-5H2,1-3H3,(H,20,21,23). The zero-order chi connectivity index (χ0) is 17.2. The predicted molar refractivity (Wildman–Crippen MR) is 94.2 cm³/mol. The second-order valence-electron chi connectivity index (χ2n) is 7.09. The minimum absolute atomic E-state index is 0.0964. The first kappa shape index (κ1) is 17.2. The number of aromatic nitrogens is 1. The normalized spacial score (nSPS) is 34.7. The number of hydrogen-bond acceptors (Lipinski definition) is 3. The molecule has 2 saturated carbocycles. The Hall–Kier alpha value is -0.650. The van der Waals surface area contributed by atoms with Gasteiger partial charge in [-0.25, -0.2) is 4.98 Å². The first-order valence-corrected chi connectivity index (χ1v) is 9.06. The largest absolute Gasteiger partial charge is 0.309 e. The lowest BCUT2D eigenvalue weighted by atomic mass is 9.64. The molecule has 4 nitrogen and oxygen atoms in total. The van der Waals surface area contributed by atoms with Gasteiger partial charge < -0.3 is 5.32 Å². The molecule has 0 radical (unpaired) electrons. The molecule has 2 fully saturated rings. The highest BCUT2D eigenvalue weighted by Gasteiger charge is 2.76. The number of carbonyl (C=O) groups excluding carboxylic acids is 2. The molecule has 1 heterocycles. The van der Waals surface area contributed by atoms with Crippen molar-refractivity contribution in [3.8, 4) is 0 Å². The number of rotatable bonds is 2. The van der Waals surface area contributed by atoms with Crippen LogP contribution in [0.1, 0.15) is 33.6 Å². The van der Waals surface area contributed by atoms with Crippen LogP contribution in [0.5, 0.6) is 0 Å². The molecule has 7 heteroatoms. The molecule has 1 N–H and O–H groups in total. The van der Waals surface area contributed by atoms with Crippen LogP contribution in [0.15, 0.2) is 12.3 Å². The van der Waals surface area contributed by atoms with Crippen LogP contribution in [0.25, 0.3) is 0 Å². The molecule has 1 amide bonds. The van der Waals surface area contributed by atoms with Crippen LogP contribution in [-0.4, -0.2) is 21.5 Å². The van der Waals surface area contributed by atoms with Crippen LogP contribution in [0.4, 0.5) is 5.82 Å². The van der Waals surface area contributed by atoms with E-state index in [1.54, 1.807) is 0 Å². The number of amides is 1. The van der Waals surface area contributed by atoms with Crippen LogP contribution in [0.2, 0.25) is 10.0 Å². The summed E-state index contributed by atoms with van der Waals surface area (Å²) < 4.78 is 0. The fourth-order valence-corrected chi connectivity index (χ4v) is 6.12. The van der Waals surface area contributed by atoms with Gasteiger partial charge in [-0.15, -0.1) is 0 Å². The fraction of sp³-hybridized carbons (Fsp3) is 0.562. The Kier molecular flexibility index (Phi) is 3.86. The maximum atomic E-state index is 13.1. The van der Waals surface area contributed by atoms with E-state index in [2.05, 4.69) is 26.2 Å². The van der Waals surface area contributed by atoms with Crippen molar-refractivity contribution in [3.05, 3.63) is 22.3 Å². The van der Waals surface area contributed by atoms with E-state index in [1.807, 2.05) is 20.8 Å². The molecular formula is C16H17BrCl2N2O2. The summed E-state index contributed by atoms with van der Waals surface area (Å²) >= 11 is 15.4. The molecule has 0 aromatic carbocycles. The number of Topliss-reactive ketones (excluding diaryl/α,β-unsaturated/α-hetero) is 1. The van der Waals surface area contributed by atoms with E-state index in [4.69, 9.17) is 23.2 Å². The van der Waals surface area contributed by atoms with Gasteiger partial charge in [0, 0.05) is 11.6 Å². The zero-order valence-corrected chi connectivity index (χ0v) is 16.1. The Bertz CT molecular complexity index is 724. The number of alkyl halides is 1. The number of hydrogen-bond donors (Lipinski definition) is 1. The van der Waals surface area contributed by atoms with Crippen LogP contribution in [0.3, 0.4) is 0 Å². The van der Waals surface area contributed by atoms with Gasteiger partial charge in [0.15, 0.2) is 11.6 Å². The van der Waals surface area contributed by atoms with Gasteiger partial charge in [-0.3, -0.25) is 9.59 Å². The second kappa shape index (κ2) is 5.17. The molecule has 124 valence electrons. The summed E-state index contributed by atoms with van der Waals surface area (Å²) in [4.78, 5) is 29.4. The van der Waals surface area contributed by atoms with E-state index >= 15 is 0 Å². The van der Waals surface area contributed by atoms with Crippen LogP contribution < -0.4 is 5.32 Å². The van der Waals surface area contributed by atoms with Gasteiger partial charge in [-0.05, 0) is 24.3 Å². The number of carbonyl (C=O) groups is 2. The third-order valence-electron chi connectivity index (χ3n) is 6.17. The summed E-state index contributed by atoms with van der Waals surface area (Å²) in [6.45, 7) is 5.95. The first-order chi connectivity index (χ1) is 10.6. The molecule has 3 unspecified atom stereocenters. The van der Waals surface area contributed by atoms with Crippen molar-refractivity contribution in [2.24, 2.45) is 16.2 Å². The van der Waals surface area contributed by atoms with E-state index in [9.17, 15) is 9.59 Å². The summed E-state index contributed by atoms with van der Waals surface area (Å²) in [7, 11) is 0. The molecule has 0 spiro atoms. The van der Waals surface area contributed by atoms with Crippen molar-refractivity contribution in [3.63, 3.8) is 0 Å². The molecule has 23 heavy (non-hydrogen) atoms. The fourth-order valence-electron chi connectivity index (χ4n) is 4.18. The lowest BCUT2D eigenvalue weighted by Gasteiger charge is -2.39. The van der Waals surface area contributed by atoms with Gasteiger partial charge in [0.05, 0.1) is 20.3 Å². The van der Waals surface area contributed by atoms with E-state index in [0.29, 0.717) is 17.9 Å². The molecule has 3 atom stereocenters. The van der Waals surface area contributed by atoms with Crippen molar-refractivity contribution >= 4 is 56.6 Å². The molecule has 0 aliphatic heterocycles. The number of fused-ring (bicyclic) bond motifs is 2. The zero-order valence-electron chi connectivity index (χ0n) is 13.0. The van der Waals surface area contributed by atoms with Crippen LogP contribution >= 0.6 is 39.1 Å². The third kappa shape index (κ3) is 1.99. The maximum Gasteiger partial charge on any atom is 0.233 e. The van der Waals surface area contributed by atoms with E-state index in [1.165, 1.54) is 12.3 Å². The summed E-state index contributed by atoms with van der Waals surface area (Å²) in [5, 5.41) is 3.47. The number of halogens is 3. The number of pyridine rings is 1. The van der Waals surface area contributed by atoms with Crippen molar-refractivity contribution in [2.75, 3.05) is 5.32 Å². The monoisotopic (exact) mass is 418 g/mol. The first-order valence-electron chi connectivity index (χ1n) is 7.39. The van der Waals surface area contributed by atoms with E-state index < -0.39 is 21.1 Å². The molecule has 2 bridgehead atoms. The van der Waals surface area contributed by atoms with Gasteiger partial charge in [0.1, 0.15) is 0 Å². The van der Waals surface area contributed by atoms with Crippen molar-refractivity contribution in [2.45, 2.75) is 38.4 Å². The Morgan fingerprint density at radius 3 is 2.52 bits per heavy atom. The smallest absolute Gasteiger partial charge is 0.233 e. The maximum absolute atomic E-state index is 13.1. The van der Waals surface area contributed by atoms with Gasteiger partial charge in [0.2, 0.25) is 5.91 Å². The number of anilines is 1. The Morgan fingerprint density at radius 2 is 2.00 bits per heavy atom. The molecular weight excluding hydrogens is 403 g/mol. The second-order valence-corrected chi connectivity index (χ2v) is 8.85. The van der Waals surface area contributed by atoms with Gasteiger partial charge in [0.25, 0.3) is 0 Å². The van der Waals surface area contributed by atoms with Gasteiger partial charge in [-0.2, -0.15) is 0 Å². The molecule has 1 aromatic rings. The van der Waals surface area contributed by atoms with Crippen molar-refractivity contribution in [1.29, 1.82) is 0 Å². The molecule has 1 aromatic heterocycles. The van der Waals surface area contributed by atoms with E-state index in [0.717, 1.165) is 0 Å². The highest BCUT2D eigenvalue weighted by molar-refractivity contribution is 9.10. The quantitative estimate of drug-likeness (QED) is 0.718. The summed E-state index contributed by atoms with van der Waals surface area (Å²) in [5.41, 5.74) is -1.78. The average molecular weight is 420 g/mol. The molecule has 2 aliphatic carbocycles. The highest BCUT2D eigenvalue weighted by Crippen LogP contribution is 2.72. The Morgan fingerprint density at radius 1 is 1.35 bits per heavy atom. The van der Waals surface area contributed by atoms with Crippen molar-refractivity contribution < 1.29 is 9.59 Å². The lowest BCUT2D eigenvalue weighted by Crippen LogP contribution is -2.48. The summed E-state index contributed by atoms with van der Waals surface area (Å²) in [5.74, 6) is 0.133. The molecule has 2 aliphatic rings. The summed E-state index contributed by atoms with van der Waals surface area (Å²) in [6, 6.07) is 1.53. The minimum atomic E-state index is -0.816. The number of ketones is 1.